The Morgan fingerprint density at radius 1 is 0.952 bits per heavy atom. The number of azide groups is 1. The number of H-pyrrole nitrogens is 1. The molecular formula is C26H24Cl2F4N4O6. The number of hydrogen-bond acceptors (Lipinski definition) is 7. The number of aromatic nitrogens is 1. The molecule has 42 heavy (non-hydrogen) atoms. The van der Waals surface area contributed by atoms with E-state index < -0.39 is 38.0 Å². The lowest BCUT2D eigenvalue weighted by atomic mass is 10.2. The molecule has 1 N–H and O–H groups in total. The standard InChI is InChI=1S/C13H12ClF2N3O3.C13H12ClF2NO3/c1-2-21-13(20)10(18-19-17)6-8-3-4-11(9(14)5-8)22-7-12(15)16;1-2-19-13(18)10-4-7-3-8(14)11(5-9(7)17-10)20-6-12(15)16/h3-6,12H,2,7H2,1H3;3-5,12,17H,2,6H2,1H3/b10-6-;. The molecule has 0 saturated heterocycles. The monoisotopic (exact) mass is 634 g/mol. The van der Waals surface area contributed by atoms with E-state index in [1.807, 2.05) is 0 Å². The van der Waals surface area contributed by atoms with Gasteiger partial charge in [0.1, 0.15) is 36.1 Å². The molecule has 3 rings (SSSR count). The number of aromatic amines is 1. The van der Waals surface area contributed by atoms with Gasteiger partial charge >= 0.3 is 11.9 Å². The Balaban J connectivity index is 0.000000294. The van der Waals surface area contributed by atoms with E-state index in [1.165, 1.54) is 36.4 Å². The molecule has 16 heteroatoms. The van der Waals surface area contributed by atoms with Crippen LogP contribution in [0.15, 0.2) is 47.2 Å². The van der Waals surface area contributed by atoms with Gasteiger partial charge in [-0.2, -0.15) is 0 Å². The number of carbonyl (C=O) groups excluding carboxylic acids is 2. The van der Waals surface area contributed by atoms with E-state index >= 15 is 0 Å². The second-order valence-electron chi connectivity index (χ2n) is 7.81. The van der Waals surface area contributed by atoms with Crippen LogP contribution in [0.1, 0.15) is 29.9 Å². The van der Waals surface area contributed by atoms with Crippen molar-refractivity contribution in [3.05, 3.63) is 73.8 Å². The van der Waals surface area contributed by atoms with Crippen molar-refractivity contribution in [2.24, 2.45) is 5.11 Å². The highest BCUT2D eigenvalue weighted by Gasteiger charge is 2.14. The summed E-state index contributed by atoms with van der Waals surface area (Å²) < 4.78 is 67.7. The summed E-state index contributed by atoms with van der Waals surface area (Å²) >= 11 is 11.8. The van der Waals surface area contributed by atoms with Crippen molar-refractivity contribution in [1.29, 1.82) is 0 Å². The lowest BCUT2D eigenvalue weighted by Gasteiger charge is -2.08. The van der Waals surface area contributed by atoms with Crippen molar-refractivity contribution in [2.45, 2.75) is 26.7 Å². The zero-order chi connectivity index (χ0) is 31.2. The predicted molar refractivity (Wildman–Crippen MR) is 147 cm³/mol. The van der Waals surface area contributed by atoms with E-state index in [9.17, 15) is 27.2 Å². The largest absolute Gasteiger partial charge is 0.486 e. The number of halogens is 6. The summed E-state index contributed by atoms with van der Waals surface area (Å²) in [4.78, 5) is 28.5. The Morgan fingerprint density at radius 3 is 2.14 bits per heavy atom. The van der Waals surface area contributed by atoms with Gasteiger partial charge in [-0.25, -0.2) is 27.2 Å². The summed E-state index contributed by atoms with van der Waals surface area (Å²) in [5.74, 6) is -1.05. The van der Waals surface area contributed by atoms with Gasteiger partial charge in [0.15, 0.2) is 0 Å². The Labute approximate surface area is 246 Å². The molecular weight excluding hydrogens is 611 g/mol. The molecule has 1 aromatic heterocycles. The Morgan fingerprint density at radius 2 is 1.57 bits per heavy atom. The van der Waals surface area contributed by atoms with Crippen LogP contribution in [0.4, 0.5) is 17.6 Å². The molecule has 0 bridgehead atoms. The number of ether oxygens (including phenoxy) is 4. The smallest absolute Gasteiger partial charge is 0.354 e. The second kappa shape index (κ2) is 17.0. The third-order valence-corrected chi connectivity index (χ3v) is 5.39. The van der Waals surface area contributed by atoms with Gasteiger partial charge in [-0.15, -0.1) is 0 Å². The van der Waals surface area contributed by atoms with Gasteiger partial charge in [0, 0.05) is 21.9 Å². The van der Waals surface area contributed by atoms with E-state index in [1.54, 1.807) is 19.9 Å². The molecule has 0 saturated carbocycles. The summed E-state index contributed by atoms with van der Waals surface area (Å²) in [6.07, 6.45) is -3.93. The first kappa shape index (κ1) is 34.1. The van der Waals surface area contributed by atoms with Crippen molar-refractivity contribution in [2.75, 3.05) is 26.4 Å². The Bertz CT molecular complexity index is 1460. The van der Waals surface area contributed by atoms with Crippen molar-refractivity contribution in [3.8, 4) is 11.5 Å². The number of fused-ring (bicyclic) bond motifs is 1. The topological polar surface area (TPSA) is 136 Å². The average molecular weight is 635 g/mol. The maximum atomic E-state index is 12.1. The molecule has 3 aromatic rings. The van der Waals surface area contributed by atoms with Gasteiger partial charge in [-0.05, 0) is 55.3 Å². The first-order valence-corrected chi connectivity index (χ1v) is 12.8. The number of nitrogens with zero attached hydrogens (tertiary/aromatic N) is 3. The molecule has 0 unspecified atom stereocenters. The van der Waals surface area contributed by atoms with Crippen LogP contribution in [0.3, 0.4) is 0 Å². The minimum atomic E-state index is -2.61. The number of alkyl halides is 4. The van der Waals surface area contributed by atoms with Crippen LogP contribution in [0, 0.1) is 0 Å². The molecule has 0 aliphatic heterocycles. The van der Waals surface area contributed by atoms with Crippen LogP contribution in [-0.4, -0.2) is 56.2 Å². The average Bonchev–Trinajstić information content (AvgIpc) is 3.34. The van der Waals surface area contributed by atoms with Crippen LogP contribution in [0.5, 0.6) is 11.5 Å². The molecule has 0 aliphatic carbocycles. The van der Waals surface area contributed by atoms with Gasteiger partial charge in [0.25, 0.3) is 12.9 Å². The summed E-state index contributed by atoms with van der Waals surface area (Å²) in [5, 5.41) is 4.20. The third kappa shape index (κ3) is 10.7. The molecule has 1 heterocycles. The van der Waals surface area contributed by atoms with E-state index in [4.69, 9.17) is 47.7 Å². The maximum absolute atomic E-state index is 12.1. The second-order valence-corrected chi connectivity index (χ2v) is 8.62. The van der Waals surface area contributed by atoms with Crippen LogP contribution >= 0.6 is 23.2 Å². The normalized spacial score (nSPS) is 11.0. The lowest BCUT2D eigenvalue weighted by molar-refractivity contribution is -0.138. The number of esters is 2. The van der Waals surface area contributed by atoms with Gasteiger partial charge in [0.05, 0.1) is 23.3 Å². The highest BCUT2D eigenvalue weighted by atomic mass is 35.5. The van der Waals surface area contributed by atoms with Gasteiger partial charge < -0.3 is 23.9 Å². The third-order valence-electron chi connectivity index (χ3n) is 4.79. The van der Waals surface area contributed by atoms with E-state index in [0.29, 0.717) is 16.5 Å². The molecule has 0 amide bonds. The molecule has 0 spiro atoms. The maximum Gasteiger partial charge on any atom is 0.354 e. The molecule has 226 valence electrons. The van der Waals surface area contributed by atoms with Crippen LogP contribution in [0.25, 0.3) is 27.4 Å². The fourth-order valence-electron chi connectivity index (χ4n) is 3.13. The number of carbonyl (C=O) groups is 2. The first-order chi connectivity index (χ1) is 20.0. The SMILES string of the molecule is CCOC(=O)/C(=C/c1ccc(OCC(F)F)c(Cl)c1)N=[N+]=[N-].CCOC(=O)c1cc2cc(Cl)c(OCC(F)F)cc2[nH]1. The van der Waals surface area contributed by atoms with Crippen molar-refractivity contribution < 1.29 is 46.1 Å². The zero-order valence-electron chi connectivity index (χ0n) is 22.1. The Hall–Kier alpha value is -4.13. The van der Waals surface area contributed by atoms with E-state index in [2.05, 4.69) is 15.0 Å². The van der Waals surface area contributed by atoms with Crippen molar-refractivity contribution in [1.82, 2.24) is 4.98 Å². The summed E-state index contributed by atoms with van der Waals surface area (Å²) in [7, 11) is 0. The molecule has 0 fully saturated rings. The summed E-state index contributed by atoms with van der Waals surface area (Å²) in [5.41, 5.74) is 9.44. The quantitative estimate of drug-likeness (QED) is 0.0538. The highest BCUT2D eigenvalue weighted by Crippen LogP contribution is 2.31. The number of rotatable bonds is 12. The molecule has 2 aromatic carbocycles. The molecule has 0 radical (unpaired) electrons. The lowest BCUT2D eigenvalue weighted by Crippen LogP contribution is -2.07. The van der Waals surface area contributed by atoms with Gasteiger partial charge in [-0.1, -0.05) is 34.4 Å². The summed E-state index contributed by atoms with van der Waals surface area (Å²) in [6, 6.07) is 8.82. The van der Waals surface area contributed by atoms with Crippen molar-refractivity contribution in [3.63, 3.8) is 0 Å². The van der Waals surface area contributed by atoms with E-state index in [0.717, 1.165) is 0 Å². The van der Waals surface area contributed by atoms with Crippen LogP contribution in [0.2, 0.25) is 10.0 Å². The molecule has 0 aliphatic rings. The van der Waals surface area contributed by atoms with Crippen LogP contribution < -0.4 is 9.47 Å². The number of hydrogen-bond donors (Lipinski definition) is 1. The highest BCUT2D eigenvalue weighted by molar-refractivity contribution is 6.33. The fourth-order valence-corrected chi connectivity index (χ4v) is 3.60. The fraction of sp³-hybridized carbons (Fsp3) is 0.308. The predicted octanol–water partition coefficient (Wildman–Crippen LogP) is 7.84. The minimum Gasteiger partial charge on any atom is -0.486 e. The Kier molecular flexibility index (Phi) is 13.8. The molecule has 10 nitrogen and oxygen atoms in total. The van der Waals surface area contributed by atoms with Gasteiger partial charge in [0.2, 0.25) is 0 Å². The first-order valence-electron chi connectivity index (χ1n) is 12.0. The van der Waals surface area contributed by atoms with Crippen molar-refractivity contribution >= 4 is 52.1 Å². The molecule has 0 atom stereocenters. The number of nitrogens with one attached hydrogen (secondary N) is 1. The van der Waals surface area contributed by atoms with Gasteiger partial charge in [-0.3, -0.25) is 0 Å². The summed E-state index contributed by atoms with van der Waals surface area (Å²) in [6.45, 7) is 2.18. The number of benzene rings is 2. The minimum absolute atomic E-state index is 0.0820. The van der Waals surface area contributed by atoms with E-state index in [-0.39, 0.29) is 46.1 Å². The van der Waals surface area contributed by atoms with Crippen LogP contribution in [-0.2, 0) is 14.3 Å². The zero-order valence-corrected chi connectivity index (χ0v) is 23.6.